The molecule has 4 rings (SSSR count). The van der Waals surface area contributed by atoms with Crippen LogP contribution < -0.4 is 16.2 Å². The lowest BCUT2D eigenvalue weighted by Crippen LogP contribution is -2.13. The van der Waals surface area contributed by atoms with Crippen molar-refractivity contribution in [2.45, 2.75) is 6.42 Å². The van der Waals surface area contributed by atoms with Gasteiger partial charge < -0.3 is 16.2 Å². The van der Waals surface area contributed by atoms with Gasteiger partial charge in [0.05, 0.1) is 12.1 Å². The molecule has 2 aromatic carbocycles. The Hall–Kier alpha value is -3.15. The third-order valence-electron chi connectivity index (χ3n) is 4.07. The van der Waals surface area contributed by atoms with Crippen molar-refractivity contribution in [3.63, 3.8) is 0 Å². The molecule has 0 aliphatic carbocycles. The Balaban J connectivity index is 1.98. The number of carbonyl (C=O) groups is 1. The van der Waals surface area contributed by atoms with Crippen LogP contribution in [0, 0.1) is 0 Å². The zero-order chi connectivity index (χ0) is 16.0. The van der Waals surface area contributed by atoms with E-state index in [1.54, 1.807) is 6.07 Å². The van der Waals surface area contributed by atoms with Crippen LogP contribution in [-0.4, -0.2) is 22.5 Å². The number of nitrogen functional groups attached to an aromatic ring is 1. The number of rotatable bonds is 2. The number of carbonyl (C=O) groups excluding carboxylic acids is 1. The molecular weight excluding hydrogens is 292 g/mol. The monoisotopic (exact) mass is 306 g/mol. The van der Waals surface area contributed by atoms with Gasteiger partial charge in [-0.3, -0.25) is 4.79 Å². The van der Waals surface area contributed by atoms with E-state index >= 15 is 0 Å². The van der Waals surface area contributed by atoms with Crippen LogP contribution in [0.1, 0.15) is 15.9 Å². The predicted octanol–water partition coefficient (Wildman–Crippen LogP) is 1.91. The standard InChI is InChI=1S/C17H14N4O2/c18-16-13-6-12(17(19)22)11(7-14(13)20-8-21-16)9-1-2-15-10(5-9)3-4-23-15/h1-2,5-8H,3-4H2,(H2,19,22)(H2,18,20,21). The van der Waals surface area contributed by atoms with Crippen molar-refractivity contribution in [2.24, 2.45) is 5.73 Å². The fourth-order valence-corrected chi connectivity index (χ4v) is 2.92. The lowest BCUT2D eigenvalue weighted by atomic mass is 9.95. The second-order valence-electron chi connectivity index (χ2n) is 5.46. The minimum absolute atomic E-state index is 0.325. The van der Waals surface area contributed by atoms with Gasteiger partial charge in [0.25, 0.3) is 0 Å². The van der Waals surface area contributed by atoms with Gasteiger partial charge in [0.15, 0.2) is 0 Å². The largest absolute Gasteiger partial charge is 0.493 e. The Morgan fingerprint density at radius 1 is 1.17 bits per heavy atom. The van der Waals surface area contributed by atoms with E-state index in [4.69, 9.17) is 16.2 Å². The number of benzene rings is 2. The van der Waals surface area contributed by atoms with Crippen molar-refractivity contribution in [1.29, 1.82) is 0 Å². The van der Waals surface area contributed by atoms with Gasteiger partial charge in [-0.1, -0.05) is 6.07 Å². The van der Waals surface area contributed by atoms with E-state index < -0.39 is 5.91 Å². The van der Waals surface area contributed by atoms with Crippen LogP contribution in [0.2, 0.25) is 0 Å². The second kappa shape index (κ2) is 4.95. The van der Waals surface area contributed by atoms with E-state index in [1.807, 2.05) is 24.3 Å². The molecule has 0 atom stereocenters. The van der Waals surface area contributed by atoms with Crippen LogP contribution in [0.3, 0.4) is 0 Å². The number of hydrogen-bond acceptors (Lipinski definition) is 5. The smallest absolute Gasteiger partial charge is 0.249 e. The number of fused-ring (bicyclic) bond motifs is 2. The predicted molar refractivity (Wildman–Crippen MR) is 87.1 cm³/mol. The maximum absolute atomic E-state index is 11.9. The van der Waals surface area contributed by atoms with Gasteiger partial charge in [-0.15, -0.1) is 0 Å². The molecule has 1 aliphatic rings. The van der Waals surface area contributed by atoms with Crippen molar-refractivity contribution in [2.75, 3.05) is 12.3 Å². The molecule has 0 bridgehead atoms. The van der Waals surface area contributed by atoms with Crippen LogP contribution >= 0.6 is 0 Å². The van der Waals surface area contributed by atoms with Crippen molar-refractivity contribution in [3.05, 3.63) is 47.8 Å². The summed E-state index contributed by atoms with van der Waals surface area (Å²) in [6, 6.07) is 9.35. The molecule has 0 radical (unpaired) electrons. The highest BCUT2D eigenvalue weighted by Crippen LogP contribution is 2.34. The average molecular weight is 306 g/mol. The van der Waals surface area contributed by atoms with E-state index in [0.29, 0.717) is 28.9 Å². The van der Waals surface area contributed by atoms with E-state index in [-0.39, 0.29) is 0 Å². The van der Waals surface area contributed by atoms with Gasteiger partial charge >= 0.3 is 0 Å². The summed E-state index contributed by atoms with van der Waals surface area (Å²) in [5.41, 5.74) is 15.3. The highest BCUT2D eigenvalue weighted by Gasteiger charge is 2.17. The quantitative estimate of drug-likeness (QED) is 0.752. The summed E-state index contributed by atoms with van der Waals surface area (Å²) in [6.07, 6.45) is 2.26. The molecule has 1 amide bonds. The fraction of sp³-hybridized carbons (Fsp3) is 0.118. The van der Waals surface area contributed by atoms with Crippen molar-refractivity contribution >= 4 is 22.6 Å². The third-order valence-corrected chi connectivity index (χ3v) is 4.07. The molecule has 0 saturated heterocycles. The van der Waals surface area contributed by atoms with E-state index in [2.05, 4.69) is 9.97 Å². The molecule has 0 saturated carbocycles. The van der Waals surface area contributed by atoms with Gasteiger partial charge in [-0.25, -0.2) is 9.97 Å². The van der Waals surface area contributed by atoms with Crippen LogP contribution in [-0.2, 0) is 6.42 Å². The number of amides is 1. The lowest BCUT2D eigenvalue weighted by molar-refractivity contribution is 0.100. The Labute approximate surface area is 132 Å². The number of ether oxygens (including phenoxy) is 1. The highest BCUT2D eigenvalue weighted by atomic mass is 16.5. The van der Waals surface area contributed by atoms with E-state index in [0.717, 1.165) is 28.9 Å². The summed E-state index contributed by atoms with van der Waals surface area (Å²) in [6.45, 7) is 0.683. The SMILES string of the molecule is NC(=O)c1cc2c(N)ncnc2cc1-c1ccc2c(c1)CCO2. The fourth-order valence-electron chi connectivity index (χ4n) is 2.92. The normalized spacial score (nSPS) is 12.9. The van der Waals surface area contributed by atoms with Crippen LogP contribution in [0.5, 0.6) is 5.75 Å². The van der Waals surface area contributed by atoms with Gasteiger partial charge in [0.1, 0.15) is 17.9 Å². The number of anilines is 1. The Morgan fingerprint density at radius 2 is 2.04 bits per heavy atom. The first kappa shape index (κ1) is 13.5. The number of hydrogen-bond donors (Lipinski definition) is 2. The van der Waals surface area contributed by atoms with Crippen LogP contribution in [0.25, 0.3) is 22.0 Å². The van der Waals surface area contributed by atoms with Gasteiger partial charge in [0, 0.05) is 17.4 Å². The number of nitrogens with zero attached hydrogens (tertiary/aromatic N) is 2. The van der Waals surface area contributed by atoms with Crippen LogP contribution in [0.15, 0.2) is 36.7 Å². The maximum atomic E-state index is 11.9. The summed E-state index contributed by atoms with van der Waals surface area (Å²) >= 11 is 0. The second-order valence-corrected chi connectivity index (χ2v) is 5.46. The number of primary amides is 1. The summed E-state index contributed by atoms with van der Waals surface area (Å²) < 4.78 is 5.52. The molecule has 0 unspecified atom stereocenters. The Morgan fingerprint density at radius 3 is 2.87 bits per heavy atom. The molecular formula is C17H14N4O2. The number of nitrogens with two attached hydrogens (primary N) is 2. The molecule has 23 heavy (non-hydrogen) atoms. The Kier molecular flexibility index (Phi) is 2.90. The first-order chi connectivity index (χ1) is 11.1. The number of aromatic nitrogens is 2. The van der Waals surface area contributed by atoms with Gasteiger partial charge in [0.2, 0.25) is 5.91 Å². The van der Waals surface area contributed by atoms with Crippen molar-refractivity contribution < 1.29 is 9.53 Å². The first-order valence-electron chi connectivity index (χ1n) is 7.23. The lowest BCUT2D eigenvalue weighted by Gasteiger charge is -2.11. The van der Waals surface area contributed by atoms with Gasteiger partial charge in [-0.05, 0) is 41.0 Å². The summed E-state index contributed by atoms with van der Waals surface area (Å²) in [7, 11) is 0. The molecule has 2 heterocycles. The minimum atomic E-state index is -0.512. The minimum Gasteiger partial charge on any atom is -0.493 e. The zero-order valence-electron chi connectivity index (χ0n) is 12.2. The Bertz CT molecular complexity index is 953. The molecule has 114 valence electrons. The topological polar surface area (TPSA) is 104 Å². The molecule has 0 spiro atoms. The molecule has 6 heteroatoms. The average Bonchev–Trinajstić information content (AvgIpc) is 3.01. The molecule has 3 aromatic rings. The van der Waals surface area contributed by atoms with E-state index in [1.165, 1.54) is 6.33 Å². The highest BCUT2D eigenvalue weighted by molar-refractivity contribution is 6.05. The first-order valence-corrected chi connectivity index (χ1v) is 7.23. The van der Waals surface area contributed by atoms with Crippen LogP contribution in [0.4, 0.5) is 5.82 Å². The third kappa shape index (κ3) is 2.15. The summed E-state index contributed by atoms with van der Waals surface area (Å²) in [5.74, 6) is 0.704. The molecule has 1 aromatic heterocycles. The van der Waals surface area contributed by atoms with Crippen molar-refractivity contribution in [1.82, 2.24) is 9.97 Å². The molecule has 1 aliphatic heterocycles. The summed E-state index contributed by atoms with van der Waals surface area (Å²) in [4.78, 5) is 20.1. The van der Waals surface area contributed by atoms with Crippen molar-refractivity contribution in [3.8, 4) is 16.9 Å². The molecule has 6 nitrogen and oxygen atoms in total. The molecule has 4 N–H and O–H groups in total. The maximum Gasteiger partial charge on any atom is 0.249 e. The van der Waals surface area contributed by atoms with Gasteiger partial charge in [-0.2, -0.15) is 0 Å². The molecule has 0 fully saturated rings. The van der Waals surface area contributed by atoms with E-state index in [9.17, 15) is 4.79 Å². The zero-order valence-corrected chi connectivity index (χ0v) is 12.2. The summed E-state index contributed by atoms with van der Waals surface area (Å²) in [5, 5.41) is 0.620.